The summed E-state index contributed by atoms with van der Waals surface area (Å²) in [6, 6.07) is 30.7. The number of benzene rings is 3. The van der Waals surface area contributed by atoms with E-state index in [-0.39, 0.29) is 10.8 Å². The molecule has 0 atom stereocenters. The van der Waals surface area contributed by atoms with E-state index in [1.165, 1.54) is 27.8 Å². The first kappa shape index (κ1) is 22.0. The van der Waals surface area contributed by atoms with Gasteiger partial charge in [0, 0.05) is 17.3 Å². The number of aromatic nitrogens is 1. The van der Waals surface area contributed by atoms with Gasteiger partial charge in [0.05, 0.1) is 5.69 Å². The Balaban J connectivity index is 1.51. The Hall–Kier alpha value is -3.19. The molecule has 0 saturated heterocycles. The van der Waals surface area contributed by atoms with E-state index in [1.807, 2.05) is 6.20 Å². The van der Waals surface area contributed by atoms with Gasteiger partial charge in [-0.05, 0) is 44.7 Å². The molecule has 0 amide bonds. The lowest BCUT2D eigenvalue weighted by Gasteiger charge is -2.19. The highest BCUT2D eigenvalue weighted by Gasteiger charge is 2.14. The second kappa shape index (κ2) is 8.39. The minimum Gasteiger partial charge on any atom is -0.256 e. The highest BCUT2D eigenvalue weighted by atomic mass is 14.7. The fraction of sp³-hybridized carbons (Fsp3) is 0.258. The summed E-state index contributed by atoms with van der Waals surface area (Å²) in [6.45, 7) is 13.5. The zero-order valence-corrected chi connectivity index (χ0v) is 20.1. The minimum atomic E-state index is 0.168. The largest absolute Gasteiger partial charge is 0.256 e. The van der Waals surface area contributed by atoms with Crippen molar-refractivity contribution in [3.63, 3.8) is 0 Å². The molecule has 0 spiro atoms. The van der Waals surface area contributed by atoms with Crippen LogP contribution >= 0.6 is 0 Å². The van der Waals surface area contributed by atoms with Gasteiger partial charge in [-0.1, -0.05) is 120 Å². The van der Waals surface area contributed by atoms with Gasteiger partial charge in [-0.3, -0.25) is 4.98 Å². The lowest BCUT2D eigenvalue weighted by molar-refractivity contribution is 0.590. The number of nitrogens with zero attached hydrogens (tertiary/aromatic N) is 1. The van der Waals surface area contributed by atoms with Crippen molar-refractivity contribution in [2.24, 2.45) is 0 Å². The van der Waals surface area contributed by atoms with Gasteiger partial charge in [0.15, 0.2) is 0 Å². The molecule has 32 heavy (non-hydrogen) atoms. The van der Waals surface area contributed by atoms with Crippen LogP contribution in [0.25, 0.3) is 33.5 Å². The number of hydrogen-bond acceptors (Lipinski definition) is 1. The maximum Gasteiger partial charge on any atom is 0.0702 e. The lowest BCUT2D eigenvalue weighted by atomic mass is 9.86. The monoisotopic (exact) mass is 419 g/mol. The molecule has 0 aliphatic carbocycles. The Bertz CT molecular complexity index is 1070. The second-order valence-electron chi connectivity index (χ2n) is 10.7. The zero-order chi connectivity index (χ0) is 22.9. The van der Waals surface area contributed by atoms with E-state index >= 15 is 0 Å². The third-order valence-electron chi connectivity index (χ3n) is 6.11. The predicted molar refractivity (Wildman–Crippen MR) is 138 cm³/mol. The standard InChI is InChI=1S/C31H33N/c1-30(2,3)27-16-11-23(12-17-27)22-7-9-25(10-8-22)29-20-15-26(21-32-29)24-13-18-28(19-14-24)31(4,5)6/h7-21H,1-6H3. The fourth-order valence-electron chi connectivity index (χ4n) is 3.89. The second-order valence-corrected chi connectivity index (χ2v) is 10.7. The Morgan fingerprint density at radius 1 is 0.406 bits per heavy atom. The molecule has 0 unspecified atom stereocenters. The normalized spacial score (nSPS) is 12.1. The molecule has 0 fully saturated rings. The maximum absolute atomic E-state index is 4.74. The molecule has 1 nitrogen and oxygen atoms in total. The van der Waals surface area contributed by atoms with E-state index in [2.05, 4.69) is 126 Å². The van der Waals surface area contributed by atoms with Crippen LogP contribution in [0, 0.1) is 0 Å². The van der Waals surface area contributed by atoms with Crippen molar-refractivity contribution in [1.82, 2.24) is 4.98 Å². The molecule has 0 N–H and O–H groups in total. The maximum atomic E-state index is 4.74. The van der Waals surface area contributed by atoms with Crippen molar-refractivity contribution in [3.8, 4) is 33.5 Å². The van der Waals surface area contributed by atoms with Crippen LogP contribution in [-0.2, 0) is 10.8 Å². The first-order valence-corrected chi connectivity index (χ1v) is 11.4. The van der Waals surface area contributed by atoms with Crippen molar-refractivity contribution in [2.75, 3.05) is 0 Å². The van der Waals surface area contributed by atoms with Gasteiger partial charge in [0.25, 0.3) is 0 Å². The van der Waals surface area contributed by atoms with Crippen LogP contribution in [0.3, 0.4) is 0 Å². The van der Waals surface area contributed by atoms with Gasteiger partial charge in [0.2, 0.25) is 0 Å². The topological polar surface area (TPSA) is 12.9 Å². The van der Waals surface area contributed by atoms with E-state index in [0.717, 1.165) is 16.8 Å². The van der Waals surface area contributed by atoms with Crippen LogP contribution in [0.5, 0.6) is 0 Å². The Kier molecular flexibility index (Phi) is 5.77. The Labute approximate surface area is 193 Å². The van der Waals surface area contributed by atoms with Gasteiger partial charge in [-0.2, -0.15) is 0 Å². The SMILES string of the molecule is CC(C)(C)c1ccc(-c2ccc(-c3ccc(-c4ccc(C(C)(C)C)cc4)cn3)cc2)cc1. The Morgan fingerprint density at radius 2 is 0.750 bits per heavy atom. The van der Waals surface area contributed by atoms with Crippen molar-refractivity contribution >= 4 is 0 Å². The summed E-state index contributed by atoms with van der Waals surface area (Å²) in [5, 5.41) is 0. The van der Waals surface area contributed by atoms with Gasteiger partial charge in [0.1, 0.15) is 0 Å². The number of hydrogen-bond donors (Lipinski definition) is 0. The third-order valence-corrected chi connectivity index (χ3v) is 6.11. The van der Waals surface area contributed by atoms with Gasteiger partial charge < -0.3 is 0 Å². The molecule has 0 radical (unpaired) electrons. The average Bonchev–Trinajstić information content (AvgIpc) is 2.78. The van der Waals surface area contributed by atoms with Crippen molar-refractivity contribution in [1.29, 1.82) is 0 Å². The highest BCUT2D eigenvalue weighted by Crippen LogP contribution is 2.29. The van der Waals surface area contributed by atoms with E-state index in [1.54, 1.807) is 0 Å². The molecule has 0 bridgehead atoms. The predicted octanol–water partition coefficient (Wildman–Crippen LogP) is 8.68. The summed E-state index contributed by atoms with van der Waals surface area (Å²) in [5.74, 6) is 0. The summed E-state index contributed by atoms with van der Waals surface area (Å²) < 4.78 is 0. The van der Waals surface area contributed by atoms with Gasteiger partial charge in [-0.25, -0.2) is 0 Å². The third kappa shape index (κ3) is 4.83. The van der Waals surface area contributed by atoms with E-state index in [9.17, 15) is 0 Å². The van der Waals surface area contributed by atoms with Crippen LogP contribution < -0.4 is 0 Å². The van der Waals surface area contributed by atoms with E-state index < -0.39 is 0 Å². The van der Waals surface area contributed by atoms with Gasteiger partial charge >= 0.3 is 0 Å². The molecule has 0 aliphatic heterocycles. The quantitative estimate of drug-likeness (QED) is 0.324. The summed E-state index contributed by atoms with van der Waals surface area (Å²) in [5.41, 5.74) is 9.99. The molecular weight excluding hydrogens is 386 g/mol. The van der Waals surface area contributed by atoms with Crippen LogP contribution in [0.2, 0.25) is 0 Å². The van der Waals surface area contributed by atoms with E-state index in [4.69, 9.17) is 4.98 Å². The molecule has 1 heteroatoms. The molecule has 0 saturated carbocycles. The number of rotatable bonds is 3. The molecule has 3 aromatic carbocycles. The molecule has 4 rings (SSSR count). The molecule has 0 aliphatic rings. The van der Waals surface area contributed by atoms with Crippen LogP contribution in [0.15, 0.2) is 91.1 Å². The molecule has 1 aromatic heterocycles. The molecule has 162 valence electrons. The number of pyridine rings is 1. The van der Waals surface area contributed by atoms with Crippen LogP contribution in [-0.4, -0.2) is 4.98 Å². The van der Waals surface area contributed by atoms with Crippen molar-refractivity contribution in [3.05, 3.63) is 102 Å². The highest BCUT2D eigenvalue weighted by molar-refractivity contribution is 5.71. The summed E-state index contributed by atoms with van der Waals surface area (Å²) in [4.78, 5) is 4.74. The fourth-order valence-corrected chi connectivity index (χ4v) is 3.89. The zero-order valence-electron chi connectivity index (χ0n) is 20.1. The first-order valence-electron chi connectivity index (χ1n) is 11.4. The lowest BCUT2D eigenvalue weighted by Crippen LogP contribution is -2.10. The Morgan fingerprint density at radius 3 is 1.12 bits per heavy atom. The average molecular weight is 420 g/mol. The molecule has 1 heterocycles. The smallest absolute Gasteiger partial charge is 0.0702 e. The first-order chi connectivity index (χ1) is 15.1. The van der Waals surface area contributed by atoms with Crippen molar-refractivity contribution < 1.29 is 0 Å². The van der Waals surface area contributed by atoms with Crippen molar-refractivity contribution in [2.45, 2.75) is 52.4 Å². The molecular formula is C31H33N. The summed E-state index contributed by atoms with van der Waals surface area (Å²) in [6.07, 6.45) is 1.97. The summed E-state index contributed by atoms with van der Waals surface area (Å²) >= 11 is 0. The van der Waals surface area contributed by atoms with Crippen LogP contribution in [0.4, 0.5) is 0 Å². The minimum absolute atomic E-state index is 0.168. The summed E-state index contributed by atoms with van der Waals surface area (Å²) in [7, 11) is 0. The van der Waals surface area contributed by atoms with E-state index in [0.29, 0.717) is 0 Å². The molecule has 4 aromatic rings. The van der Waals surface area contributed by atoms with Gasteiger partial charge in [-0.15, -0.1) is 0 Å². The van der Waals surface area contributed by atoms with Crippen LogP contribution in [0.1, 0.15) is 52.7 Å².